The first-order chi connectivity index (χ1) is 13.5. The van der Waals surface area contributed by atoms with E-state index in [1.54, 1.807) is 23.0 Å². The fourth-order valence-electron chi connectivity index (χ4n) is 3.73. The summed E-state index contributed by atoms with van der Waals surface area (Å²) in [6, 6.07) is 11.1. The molecule has 2 aromatic heterocycles. The number of hydrogen-bond acceptors (Lipinski definition) is 4. The van der Waals surface area contributed by atoms with Gasteiger partial charge in [-0.05, 0) is 49.6 Å². The van der Waals surface area contributed by atoms with E-state index < -0.39 is 6.17 Å². The largest absolute Gasteiger partial charge is 0.359 e. The van der Waals surface area contributed by atoms with Crippen molar-refractivity contribution in [3.63, 3.8) is 0 Å². The molecule has 1 unspecified atom stereocenters. The predicted octanol–water partition coefficient (Wildman–Crippen LogP) is 4.61. The average molecular weight is 414 g/mol. The number of carbonyl (C=O) groups is 1. The number of aryl methyl sites for hydroxylation is 1. The van der Waals surface area contributed by atoms with Crippen molar-refractivity contribution in [2.24, 2.45) is 0 Å². The molecular formula is C20H17Cl2N5O. The zero-order valence-electron chi connectivity index (χ0n) is 15.1. The number of amides is 1. The Morgan fingerprint density at radius 1 is 1.18 bits per heavy atom. The fourth-order valence-corrected chi connectivity index (χ4v) is 4.19. The molecule has 1 aliphatic carbocycles. The van der Waals surface area contributed by atoms with Crippen molar-refractivity contribution in [2.45, 2.75) is 32.0 Å². The molecule has 0 saturated heterocycles. The minimum absolute atomic E-state index is 0.0308. The molecule has 0 radical (unpaired) electrons. The Labute approximate surface area is 172 Å². The van der Waals surface area contributed by atoms with Gasteiger partial charge in [0.15, 0.2) is 11.0 Å². The molecule has 3 heterocycles. The fraction of sp³-hybridized carbons (Fsp3) is 0.250. The van der Waals surface area contributed by atoms with Crippen molar-refractivity contribution in [1.29, 1.82) is 0 Å². The van der Waals surface area contributed by atoms with Crippen molar-refractivity contribution in [3.05, 3.63) is 69.6 Å². The Morgan fingerprint density at radius 2 is 2.00 bits per heavy atom. The molecule has 6 nitrogen and oxygen atoms in total. The van der Waals surface area contributed by atoms with Crippen LogP contribution in [0.1, 0.15) is 40.6 Å². The van der Waals surface area contributed by atoms with Crippen LogP contribution in [0.5, 0.6) is 0 Å². The third-order valence-corrected chi connectivity index (χ3v) is 5.52. The van der Waals surface area contributed by atoms with Gasteiger partial charge < -0.3 is 10.2 Å². The van der Waals surface area contributed by atoms with E-state index in [2.05, 4.69) is 15.4 Å². The first-order valence-corrected chi connectivity index (χ1v) is 9.85. The monoisotopic (exact) mass is 413 g/mol. The molecule has 8 heteroatoms. The average Bonchev–Trinajstić information content (AvgIpc) is 3.44. The molecule has 0 spiro atoms. The van der Waals surface area contributed by atoms with Gasteiger partial charge in [0.2, 0.25) is 0 Å². The number of nitrogens with one attached hydrogen (secondary N) is 1. The van der Waals surface area contributed by atoms with Gasteiger partial charge in [-0.3, -0.25) is 4.79 Å². The van der Waals surface area contributed by atoms with Crippen LogP contribution in [-0.4, -0.2) is 31.6 Å². The zero-order chi connectivity index (χ0) is 19.4. The maximum atomic E-state index is 13.4. The Hall–Kier alpha value is -2.57. The molecule has 1 amide bonds. The molecule has 1 saturated carbocycles. The number of benzene rings is 1. The minimum atomic E-state index is -0.394. The van der Waals surface area contributed by atoms with Crippen LogP contribution in [0.2, 0.25) is 10.2 Å². The van der Waals surface area contributed by atoms with E-state index in [1.807, 2.05) is 36.1 Å². The molecule has 3 aromatic rings. The lowest BCUT2D eigenvalue weighted by Crippen LogP contribution is -2.45. The number of rotatable bonds is 3. The first-order valence-electron chi connectivity index (χ1n) is 9.09. The van der Waals surface area contributed by atoms with Crippen molar-refractivity contribution in [3.8, 4) is 5.82 Å². The van der Waals surface area contributed by atoms with Crippen LogP contribution in [0.4, 0.5) is 5.69 Å². The second kappa shape index (κ2) is 6.50. The minimum Gasteiger partial charge on any atom is -0.359 e. The van der Waals surface area contributed by atoms with Gasteiger partial charge in [0, 0.05) is 23.3 Å². The number of nitrogens with zero attached hydrogens (tertiary/aromatic N) is 4. The van der Waals surface area contributed by atoms with E-state index in [1.165, 1.54) is 0 Å². The molecule has 1 fully saturated rings. The third-order valence-electron chi connectivity index (χ3n) is 5.12. The van der Waals surface area contributed by atoms with Crippen LogP contribution in [-0.2, 0) is 0 Å². The van der Waals surface area contributed by atoms with Gasteiger partial charge in [-0.15, -0.1) is 0 Å². The highest BCUT2D eigenvalue weighted by atomic mass is 35.5. The maximum absolute atomic E-state index is 13.4. The summed E-state index contributed by atoms with van der Waals surface area (Å²) in [6.45, 7) is 1.94. The van der Waals surface area contributed by atoms with Crippen molar-refractivity contribution in [1.82, 2.24) is 19.7 Å². The van der Waals surface area contributed by atoms with E-state index in [9.17, 15) is 4.79 Å². The van der Waals surface area contributed by atoms with Gasteiger partial charge in [0.25, 0.3) is 5.91 Å². The van der Waals surface area contributed by atoms with Crippen LogP contribution in [0.25, 0.3) is 5.82 Å². The molecule has 1 atom stereocenters. The van der Waals surface area contributed by atoms with Crippen molar-refractivity contribution in [2.75, 3.05) is 5.32 Å². The van der Waals surface area contributed by atoms with Crippen LogP contribution in [0.3, 0.4) is 0 Å². The number of aromatic nitrogens is 3. The SMILES string of the molecule is Cc1cc(Cl)cc2c1NC(c1cc(Cl)nn1-c1ccccn1)N(C1CC1)C2=O. The third kappa shape index (κ3) is 2.84. The lowest BCUT2D eigenvalue weighted by molar-refractivity contribution is 0.0660. The van der Waals surface area contributed by atoms with E-state index in [-0.39, 0.29) is 11.9 Å². The Bertz CT molecular complexity index is 1080. The molecule has 28 heavy (non-hydrogen) atoms. The van der Waals surface area contributed by atoms with E-state index >= 15 is 0 Å². The number of fused-ring (bicyclic) bond motifs is 1. The quantitative estimate of drug-likeness (QED) is 0.680. The number of hydrogen-bond donors (Lipinski definition) is 1. The molecular weight excluding hydrogens is 397 g/mol. The summed E-state index contributed by atoms with van der Waals surface area (Å²) >= 11 is 12.5. The second-order valence-electron chi connectivity index (χ2n) is 7.13. The maximum Gasteiger partial charge on any atom is 0.258 e. The van der Waals surface area contributed by atoms with Gasteiger partial charge in [0.1, 0.15) is 6.17 Å². The number of halogens is 2. The molecule has 1 N–H and O–H groups in total. The lowest BCUT2D eigenvalue weighted by atomic mass is 10.0. The molecule has 1 aromatic carbocycles. The van der Waals surface area contributed by atoms with E-state index in [0.29, 0.717) is 21.6 Å². The second-order valence-corrected chi connectivity index (χ2v) is 7.95. The summed E-state index contributed by atoms with van der Waals surface area (Å²) in [5.74, 6) is 0.616. The molecule has 5 rings (SSSR count). The standard InChI is InChI=1S/C20H17Cl2N5O/c1-11-8-12(21)9-14-18(11)24-19(26(20(14)28)13-5-6-13)15-10-16(22)25-27(15)17-4-2-3-7-23-17/h2-4,7-10,13,19,24H,5-6H2,1H3. The summed E-state index contributed by atoms with van der Waals surface area (Å²) in [6.07, 6.45) is 3.26. The van der Waals surface area contributed by atoms with Crippen LogP contribution >= 0.6 is 23.2 Å². The van der Waals surface area contributed by atoms with Gasteiger partial charge in [0.05, 0.1) is 16.9 Å². The van der Waals surface area contributed by atoms with E-state index in [0.717, 1.165) is 29.8 Å². The van der Waals surface area contributed by atoms with Crippen LogP contribution < -0.4 is 5.32 Å². The molecule has 1 aliphatic heterocycles. The van der Waals surface area contributed by atoms with Gasteiger partial charge in [-0.25, -0.2) is 9.67 Å². The van der Waals surface area contributed by atoms with Gasteiger partial charge in [-0.2, -0.15) is 5.10 Å². The smallest absolute Gasteiger partial charge is 0.258 e. The highest BCUT2D eigenvalue weighted by molar-refractivity contribution is 6.31. The lowest BCUT2D eigenvalue weighted by Gasteiger charge is -2.38. The Morgan fingerprint density at radius 3 is 2.71 bits per heavy atom. The Balaban J connectivity index is 1.67. The van der Waals surface area contributed by atoms with Crippen LogP contribution in [0, 0.1) is 6.92 Å². The highest BCUT2D eigenvalue weighted by Gasteiger charge is 2.44. The van der Waals surface area contributed by atoms with Crippen molar-refractivity contribution < 1.29 is 4.79 Å². The summed E-state index contributed by atoms with van der Waals surface area (Å²) < 4.78 is 1.69. The van der Waals surface area contributed by atoms with Crippen LogP contribution in [0.15, 0.2) is 42.6 Å². The van der Waals surface area contributed by atoms with Gasteiger partial charge in [-0.1, -0.05) is 29.3 Å². The molecule has 2 aliphatic rings. The summed E-state index contributed by atoms with van der Waals surface area (Å²) in [7, 11) is 0. The number of pyridine rings is 1. The summed E-state index contributed by atoms with van der Waals surface area (Å²) in [4.78, 5) is 19.7. The first kappa shape index (κ1) is 17.5. The highest BCUT2D eigenvalue weighted by Crippen LogP contribution is 2.43. The normalized spacial score (nSPS) is 18.8. The molecule has 142 valence electrons. The number of carbonyl (C=O) groups excluding carboxylic acids is 1. The summed E-state index contributed by atoms with van der Waals surface area (Å²) in [5.41, 5.74) is 3.08. The molecule has 0 bridgehead atoms. The van der Waals surface area contributed by atoms with E-state index in [4.69, 9.17) is 23.2 Å². The summed E-state index contributed by atoms with van der Waals surface area (Å²) in [5, 5.41) is 8.85. The predicted molar refractivity (Wildman–Crippen MR) is 108 cm³/mol. The zero-order valence-corrected chi connectivity index (χ0v) is 16.6. The topological polar surface area (TPSA) is 63.1 Å². The van der Waals surface area contributed by atoms with Gasteiger partial charge >= 0.3 is 0 Å². The Kier molecular flexibility index (Phi) is 4.07. The van der Waals surface area contributed by atoms with Crippen molar-refractivity contribution >= 4 is 34.8 Å². The number of anilines is 1.